The molecule has 2 aliphatic heterocycles. The van der Waals surface area contributed by atoms with Gasteiger partial charge in [-0.05, 0) is 18.8 Å². The fraction of sp³-hybridized carbons (Fsp3) is 0.562. The van der Waals surface area contributed by atoms with Gasteiger partial charge < -0.3 is 15.5 Å². The van der Waals surface area contributed by atoms with Gasteiger partial charge in [-0.25, -0.2) is 4.98 Å². The van der Waals surface area contributed by atoms with Gasteiger partial charge in [0.2, 0.25) is 5.91 Å². The summed E-state index contributed by atoms with van der Waals surface area (Å²) in [5.74, 6) is 0.540. The van der Waals surface area contributed by atoms with E-state index < -0.39 is 0 Å². The Morgan fingerprint density at radius 3 is 3.08 bits per heavy atom. The maximum Gasteiger partial charge on any atom is 0.274 e. The van der Waals surface area contributed by atoms with Gasteiger partial charge in [-0.1, -0.05) is 0 Å². The predicted molar refractivity (Wildman–Crippen MR) is 90.9 cm³/mol. The lowest BCUT2D eigenvalue weighted by atomic mass is 9.83. The molecule has 0 saturated carbocycles. The van der Waals surface area contributed by atoms with Gasteiger partial charge in [-0.15, -0.1) is 11.3 Å². The minimum Gasteiger partial charge on any atom is -0.338 e. The maximum absolute atomic E-state index is 12.8. The quantitative estimate of drug-likeness (QED) is 0.890. The van der Waals surface area contributed by atoms with Crippen LogP contribution in [-0.2, 0) is 4.79 Å². The fourth-order valence-electron chi connectivity index (χ4n) is 3.96. The molecule has 2 saturated heterocycles. The average Bonchev–Trinajstić information content (AvgIpc) is 3.18. The maximum atomic E-state index is 12.8. The SMILES string of the molecule is NCCN1C(=O)CC[C@H]2CN(C(=O)c3cn4ccsc4n3)CC[C@H]21. The summed E-state index contributed by atoms with van der Waals surface area (Å²) in [4.78, 5) is 34.0. The molecule has 2 aromatic rings. The van der Waals surface area contributed by atoms with Gasteiger partial charge in [0.25, 0.3) is 5.91 Å². The van der Waals surface area contributed by atoms with Crippen LogP contribution in [-0.4, -0.2) is 63.2 Å². The summed E-state index contributed by atoms with van der Waals surface area (Å²) in [5.41, 5.74) is 6.16. The van der Waals surface area contributed by atoms with Crippen molar-refractivity contribution in [3.63, 3.8) is 0 Å². The Balaban J connectivity index is 1.48. The Labute approximate surface area is 144 Å². The lowest BCUT2D eigenvalue weighted by molar-refractivity contribution is -0.140. The van der Waals surface area contributed by atoms with Crippen LogP contribution >= 0.6 is 11.3 Å². The molecule has 0 aliphatic carbocycles. The van der Waals surface area contributed by atoms with Crippen LogP contribution in [0.3, 0.4) is 0 Å². The summed E-state index contributed by atoms with van der Waals surface area (Å²) < 4.78 is 1.88. The molecule has 2 fully saturated rings. The van der Waals surface area contributed by atoms with E-state index in [4.69, 9.17) is 5.73 Å². The topological polar surface area (TPSA) is 83.9 Å². The van der Waals surface area contributed by atoms with Crippen molar-refractivity contribution in [1.82, 2.24) is 19.2 Å². The first-order chi connectivity index (χ1) is 11.7. The number of nitrogens with zero attached hydrogens (tertiary/aromatic N) is 4. The first-order valence-electron chi connectivity index (χ1n) is 8.38. The second kappa shape index (κ2) is 6.18. The minimum absolute atomic E-state index is 0.00775. The molecule has 0 spiro atoms. The van der Waals surface area contributed by atoms with E-state index in [-0.39, 0.29) is 17.9 Å². The lowest BCUT2D eigenvalue weighted by Gasteiger charge is -2.46. The highest BCUT2D eigenvalue weighted by molar-refractivity contribution is 7.15. The Morgan fingerprint density at radius 2 is 2.29 bits per heavy atom. The Kier molecular flexibility index (Phi) is 4.01. The van der Waals surface area contributed by atoms with E-state index in [2.05, 4.69) is 4.98 Å². The summed E-state index contributed by atoms with van der Waals surface area (Å²) in [6.07, 6.45) is 5.94. The van der Waals surface area contributed by atoms with Gasteiger partial charge >= 0.3 is 0 Å². The predicted octanol–water partition coefficient (Wildman–Crippen LogP) is 0.808. The number of amides is 2. The molecule has 4 heterocycles. The van der Waals surface area contributed by atoms with E-state index in [0.717, 1.165) is 17.8 Å². The van der Waals surface area contributed by atoms with Crippen molar-refractivity contribution in [2.45, 2.75) is 25.3 Å². The van der Waals surface area contributed by atoms with Crippen LogP contribution < -0.4 is 5.73 Å². The zero-order valence-electron chi connectivity index (χ0n) is 13.4. The van der Waals surface area contributed by atoms with Crippen LogP contribution in [0.1, 0.15) is 29.8 Å². The number of thiazole rings is 1. The van der Waals surface area contributed by atoms with Crippen molar-refractivity contribution >= 4 is 28.1 Å². The molecule has 128 valence electrons. The van der Waals surface area contributed by atoms with Crippen LogP contribution in [0.4, 0.5) is 0 Å². The first kappa shape index (κ1) is 15.6. The number of nitrogens with two attached hydrogens (primary N) is 1. The number of hydrogen-bond donors (Lipinski definition) is 1. The zero-order chi connectivity index (χ0) is 16.7. The molecule has 24 heavy (non-hydrogen) atoms. The largest absolute Gasteiger partial charge is 0.338 e. The second-order valence-electron chi connectivity index (χ2n) is 6.50. The molecule has 0 bridgehead atoms. The molecule has 2 N–H and O–H groups in total. The molecule has 2 aliphatic rings. The Bertz CT molecular complexity index is 741. The van der Waals surface area contributed by atoms with E-state index in [9.17, 15) is 9.59 Å². The number of carbonyl (C=O) groups is 2. The van der Waals surface area contributed by atoms with Crippen LogP contribution in [0.5, 0.6) is 0 Å². The van der Waals surface area contributed by atoms with Crippen molar-refractivity contribution in [2.75, 3.05) is 26.2 Å². The standard InChI is InChI=1S/C16H21N5O2S/c17-4-6-21-13-3-5-19(9-11(13)1-2-14(21)22)15(23)12-10-20-7-8-24-16(20)18-12/h7-8,10-11,13H,1-6,9,17H2/t11-,13+/m0/s1. The number of fused-ring (bicyclic) bond motifs is 2. The highest BCUT2D eigenvalue weighted by Crippen LogP contribution is 2.31. The highest BCUT2D eigenvalue weighted by atomic mass is 32.1. The third kappa shape index (κ3) is 2.59. The molecule has 0 aromatic carbocycles. The number of hydrogen-bond acceptors (Lipinski definition) is 5. The molecule has 0 unspecified atom stereocenters. The highest BCUT2D eigenvalue weighted by Gasteiger charge is 2.40. The molecular formula is C16H21N5O2S. The molecule has 2 aromatic heterocycles. The van der Waals surface area contributed by atoms with Crippen molar-refractivity contribution in [3.8, 4) is 0 Å². The molecular weight excluding hydrogens is 326 g/mol. The first-order valence-corrected chi connectivity index (χ1v) is 9.26. The van der Waals surface area contributed by atoms with Crippen LogP contribution in [0.15, 0.2) is 17.8 Å². The van der Waals surface area contributed by atoms with Gasteiger partial charge in [-0.3, -0.25) is 14.0 Å². The van der Waals surface area contributed by atoms with E-state index in [1.807, 2.05) is 25.8 Å². The average molecular weight is 347 g/mol. The minimum atomic E-state index is -0.00775. The fourth-order valence-corrected chi connectivity index (χ4v) is 4.66. The van der Waals surface area contributed by atoms with Crippen LogP contribution in [0.2, 0.25) is 0 Å². The van der Waals surface area contributed by atoms with Crippen LogP contribution in [0.25, 0.3) is 4.96 Å². The van der Waals surface area contributed by atoms with Crippen molar-refractivity contribution in [1.29, 1.82) is 0 Å². The van der Waals surface area contributed by atoms with Gasteiger partial charge in [0.1, 0.15) is 5.69 Å². The van der Waals surface area contributed by atoms with Crippen molar-refractivity contribution in [2.24, 2.45) is 11.7 Å². The molecule has 2 amide bonds. The van der Waals surface area contributed by atoms with Crippen molar-refractivity contribution in [3.05, 3.63) is 23.5 Å². The van der Waals surface area contributed by atoms with Gasteiger partial charge in [0.15, 0.2) is 4.96 Å². The monoisotopic (exact) mass is 347 g/mol. The van der Waals surface area contributed by atoms with Crippen molar-refractivity contribution < 1.29 is 9.59 Å². The number of imidazole rings is 1. The number of rotatable bonds is 3. The summed E-state index contributed by atoms with van der Waals surface area (Å²) in [6.45, 7) is 2.47. The summed E-state index contributed by atoms with van der Waals surface area (Å²) in [7, 11) is 0. The zero-order valence-corrected chi connectivity index (χ0v) is 14.2. The smallest absolute Gasteiger partial charge is 0.274 e. The molecule has 0 radical (unpaired) electrons. The molecule has 7 nitrogen and oxygen atoms in total. The molecule has 2 atom stereocenters. The third-order valence-corrected chi connectivity index (χ3v) is 5.88. The van der Waals surface area contributed by atoms with E-state index in [0.29, 0.717) is 44.2 Å². The van der Waals surface area contributed by atoms with Gasteiger partial charge in [0.05, 0.1) is 0 Å². The normalized spacial score (nSPS) is 24.5. The van der Waals surface area contributed by atoms with Gasteiger partial charge in [0, 0.05) is 56.4 Å². The summed E-state index contributed by atoms with van der Waals surface area (Å²) in [5, 5.41) is 1.95. The third-order valence-electron chi connectivity index (χ3n) is 5.11. The van der Waals surface area contributed by atoms with E-state index in [1.165, 1.54) is 11.3 Å². The Hall–Kier alpha value is -1.93. The number of aromatic nitrogens is 2. The summed E-state index contributed by atoms with van der Waals surface area (Å²) in [6, 6.07) is 0.226. The molecule has 8 heteroatoms. The van der Waals surface area contributed by atoms with Crippen LogP contribution in [0, 0.1) is 5.92 Å². The van der Waals surface area contributed by atoms with E-state index >= 15 is 0 Å². The Morgan fingerprint density at radius 1 is 1.42 bits per heavy atom. The molecule has 4 rings (SSSR count). The number of likely N-dealkylation sites (tertiary alicyclic amines) is 2. The number of piperidine rings is 2. The second-order valence-corrected chi connectivity index (χ2v) is 7.37. The van der Waals surface area contributed by atoms with Gasteiger partial charge in [-0.2, -0.15) is 0 Å². The van der Waals surface area contributed by atoms with E-state index in [1.54, 1.807) is 6.20 Å². The lowest BCUT2D eigenvalue weighted by Crippen LogP contribution is -2.57. The summed E-state index contributed by atoms with van der Waals surface area (Å²) >= 11 is 1.52. The number of carbonyl (C=O) groups excluding carboxylic acids is 2.